The summed E-state index contributed by atoms with van der Waals surface area (Å²) in [5.41, 5.74) is 2.28. The first-order chi connectivity index (χ1) is 14.0. The van der Waals surface area contributed by atoms with Crippen molar-refractivity contribution in [2.75, 3.05) is 11.9 Å². The van der Waals surface area contributed by atoms with E-state index in [1.807, 2.05) is 53.2 Å². The maximum atomic E-state index is 13.1. The normalized spacial score (nSPS) is 18.4. The van der Waals surface area contributed by atoms with Crippen molar-refractivity contribution in [2.45, 2.75) is 37.9 Å². The number of anilines is 1. The highest BCUT2D eigenvalue weighted by molar-refractivity contribution is 5.99. The van der Waals surface area contributed by atoms with Gasteiger partial charge in [-0.2, -0.15) is 5.10 Å². The van der Waals surface area contributed by atoms with Crippen LogP contribution in [0.5, 0.6) is 0 Å². The second kappa shape index (κ2) is 7.72. The fourth-order valence-electron chi connectivity index (χ4n) is 3.96. The van der Waals surface area contributed by atoms with Gasteiger partial charge in [-0.15, -0.1) is 0 Å². The van der Waals surface area contributed by atoms with Gasteiger partial charge < -0.3 is 15.7 Å². The van der Waals surface area contributed by atoms with Crippen LogP contribution in [0.25, 0.3) is 0 Å². The van der Waals surface area contributed by atoms with Gasteiger partial charge in [0, 0.05) is 0 Å². The molecule has 0 bridgehead atoms. The van der Waals surface area contributed by atoms with Gasteiger partial charge in [-0.05, 0) is 31.4 Å². The second-order valence-electron chi connectivity index (χ2n) is 8.06. The molecule has 0 saturated carbocycles. The van der Waals surface area contributed by atoms with E-state index in [0.717, 1.165) is 12.0 Å². The first-order valence-corrected chi connectivity index (χ1v) is 9.86. The van der Waals surface area contributed by atoms with Gasteiger partial charge in [-0.25, -0.2) is 4.68 Å². The van der Waals surface area contributed by atoms with Crippen molar-refractivity contribution in [3.63, 3.8) is 0 Å². The summed E-state index contributed by atoms with van der Waals surface area (Å²) in [7, 11) is 0. The molecular weight excluding hydrogens is 364 g/mol. The van der Waals surface area contributed by atoms with Gasteiger partial charge in [0.1, 0.15) is 11.4 Å². The maximum Gasteiger partial charge on any atom is 0.257 e. The van der Waals surface area contributed by atoms with Crippen LogP contribution >= 0.6 is 0 Å². The number of carbonyl (C=O) groups is 1. The summed E-state index contributed by atoms with van der Waals surface area (Å²) in [6.45, 7) is 4.08. The highest BCUT2D eigenvalue weighted by Crippen LogP contribution is 2.39. The molecule has 0 saturated heterocycles. The Balaban J connectivity index is 1.62. The monoisotopic (exact) mass is 390 g/mol. The van der Waals surface area contributed by atoms with Crippen LogP contribution in [-0.2, 0) is 5.54 Å². The summed E-state index contributed by atoms with van der Waals surface area (Å²) in [5, 5.41) is 20.7. The van der Waals surface area contributed by atoms with Crippen LogP contribution in [-0.4, -0.2) is 27.4 Å². The van der Waals surface area contributed by atoms with Crippen LogP contribution in [0.15, 0.2) is 66.9 Å². The molecule has 2 aromatic carbocycles. The van der Waals surface area contributed by atoms with Crippen molar-refractivity contribution in [3.05, 3.63) is 83.6 Å². The van der Waals surface area contributed by atoms with E-state index in [-0.39, 0.29) is 24.1 Å². The van der Waals surface area contributed by atoms with E-state index in [0.29, 0.717) is 11.4 Å². The molecule has 1 amide bonds. The van der Waals surface area contributed by atoms with E-state index in [2.05, 4.69) is 41.7 Å². The molecule has 3 aromatic rings. The minimum atomic E-state index is -0.472. The molecule has 4 rings (SSSR count). The number of fused-ring (bicyclic) bond motifs is 1. The van der Waals surface area contributed by atoms with Crippen molar-refractivity contribution in [1.82, 2.24) is 15.1 Å². The Bertz CT molecular complexity index is 983. The Hall–Kier alpha value is -3.12. The van der Waals surface area contributed by atoms with Crippen LogP contribution in [0.1, 0.15) is 53.8 Å². The number of rotatable bonds is 5. The van der Waals surface area contributed by atoms with E-state index in [9.17, 15) is 9.90 Å². The number of aromatic nitrogens is 2. The van der Waals surface area contributed by atoms with Gasteiger partial charge in [0.15, 0.2) is 0 Å². The Kier molecular flexibility index (Phi) is 5.11. The number of hydrogen-bond donors (Lipinski definition) is 3. The van der Waals surface area contributed by atoms with Crippen molar-refractivity contribution in [1.29, 1.82) is 0 Å². The topological polar surface area (TPSA) is 79.2 Å². The predicted octanol–water partition coefficient (Wildman–Crippen LogP) is 3.64. The number of carbonyl (C=O) groups excluding carboxylic acids is 1. The standard InChI is InChI=1S/C23H26N4O2/c1-23(2)13-19(16-9-5-3-6-10-16)25-21-18(14-24-27(21)23)22(29)26-20(15-28)17-11-7-4-8-12-17/h3-12,14,19-20,25,28H,13,15H2,1-2H3,(H,26,29)/t19?,20-/m0/s1. The van der Waals surface area contributed by atoms with Crippen molar-refractivity contribution >= 4 is 11.7 Å². The summed E-state index contributed by atoms with van der Waals surface area (Å²) < 4.78 is 1.89. The summed E-state index contributed by atoms with van der Waals surface area (Å²) in [5.74, 6) is 0.448. The lowest BCUT2D eigenvalue weighted by Gasteiger charge is -2.38. The predicted molar refractivity (Wildman–Crippen MR) is 113 cm³/mol. The van der Waals surface area contributed by atoms with Crippen molar-refractivity contribution in [2.24, 2.45) is 0 Å². The van der Waals surface area contributed by atoms with Crippen molar-refractivity contribution < 1.29 is 9.90 Å². The average Bonchev–Trinajstić information content (AvgIpc) is 3.18. The fraction of sp³-hybridized carbons (Fsp3) is 0.304. The highest BCUT2D eigenvalue weighted by atomic mass is 16.3. The molecule has 2 heterocycles. The molecule has 0 fully saturated rings. The minimum Gasteiger partial charge on any atom is -0.394 e. The van der Waals surface area contributed by atoms with E-state index < -0.39 is 6.04 Å². The lowest BCUT2D eigenvalue weighted by molar-refractivity contribution is 0.0916. The van der Waals surface area contributed by atoms with Crippen LogP contribution in [0.2, 0.25) is 0 Å². The number of aliphatic hydroxyl groups excluding tert-OH is 1. The molecule has 0 aliphatic carbocycles. The Morgan fingerprint density at radius 3 is 2.52 bits per heavy atom. The number of aliphatic hydroxyl groups is 1. The summed E-state index contributed by atoms with van der Waals surface area (Å²) >= 11 is 0. The molecule has 0 spiro atoms. The zero-order valence-corrected chi connectivity index (χ0v) is 16.7. The van der Waals surface area contributed by atoms with E-state index >= 15 is 0 Å². The number of amides is 1. The Labute approximate surface area is 170 Å². The molecule has 29 heavy (non-hydrogen) atoms. The molecule has 6 heteroatoms. The SMILES string of the molecule is CC1(C)CC(c2ccccc2)Nc2c(C(=O)N[C@@H](CO)c3ccccc3)cnn21. The van der Waals surface area contributed by atoms with Gasteiger partial charge in [0.2, 0.25) is 0 Å². The lowest BCUT2D eigenvalue weighted by Crippen LogP contribution is -2.39. The largest absolute Gasteiger partial charge is 0.394 e. The zero-order chi connectivity index (χ0) is 20.4. The van der Waals surface area contributed by atoms with Crippen LogP contribution in [0.4, 0.5) is 5.82 Å². The zero-order valence-electron chi connectivity index (χ0n) is 16.7. The third-order valence-corrected chi connectivity index (χ3v) is 5.49. The Morgan fingerprint density at radius 1 is 1.21 bits per heavy atom. The van der Waals surface area contributed by atoms with Crippen LogP contribution in [0.3, 0.4) is 0 Å². The molecule has 0 radical (unpaired) electrons. The molecule has 150 valence electrons. The van der Waals surface area contributed by atoms with Gasteiger partial charge in [0.05, 0.1) is 30.4 Å². The lowest BCUT2D eigenvalue weighted by atomic mass is 9.89. The molecule has 1 aliphatic rings. The first-order valence-electron chi connectivity index (χ1n) is 9.86. The van der Waals surface area contributed by atoms with Gasteiger partial charge in [-0.1, -0.05) is 60.7 Å². The smallest absolute Gasteiger partial charge is 0.257 e. The van der Waals surface area contributed by atoms with Crippen LogP contribution in [0, 0.1) is 0 Å². The number of benzene rings is 2. The van der Waals surface area contributed by atoms with Gasteiger partial charge in [-0.3, -0.25) is 4.79 Å². The minimum absolute atomic E-state index is 0.0877. The molecule has 2 atom stereocenters. The number of nitrogens with zero attached hydrogens (tertiary/aromatic N) is 2. The van der Waals surface area contributed by atoms with E-state index in [1.165, 1.54) is 5.56 Å². The second-order valence-corrected chi connectivity index (χ2v) is 8.06. The molecule has 3 N–H and O–H groups in total. The van der Waals surface area contributed by atoms with Crippen molar-refractivity contribution in [3.8, 4) is 0 Å². The van der Waals surface area contributed by atoms with Crippen LogP contribution < -0.4 is 10.6 Å². The fourth-order valence-corrected chi connectivity index (χ4v) is 3.96. The average molecular weight is 390 g/mol. The molecule has 1 unspecified atom stereocenters. The van der Waals surface area contributed by atoms with E-state index in [4.69, 9.17) is 0 Å². The van der Waals surface area contributed by atoms with Gasteiger partial charge >= 0.3 is 0 Å². The van der Waals surface area contributed by atoms with E-state index in [1.54, 1.807) is 6.20 Å². The van der Waals surface area contributed by atoms with Gasteiger partial charge in [0.25, 0.3) is 5.91 Å². The third kappa shape index (κ3) is 3.76. The number of hydrogen-bond acceptors (Lipinski definition) is 4. The first kappa shape index (κ1) is 19.2. The molecule has 6 nitrogen and oxygen atoms in total. The molecule has 1 aliphatic heterocycles. The summed E-state index contributed by atoms with van der Waals surface area (Å²) in [6.07, 6.45) is 2.46. The summed E-state index contributed by atoms with van der Waals surface area (Å²) in [4.78, 5) is 13.1. The quantitative estimate of drug-likeness (QED) is 0.621. The number of nitrogens with one attached hydrogen (secondary N) is 2. The maximum absolute atomic E-state index is 13.1. The third-order valence-electron chi connectivity index (χ3n) is 5.49. The Morgan fingerprint density at radius 2 is 1.86 bits per heavy atom. The molecule has 1 aromatic heterocycles. The highest BCUT2D eigenvalue weighted by Gasteiger charge is 2.36. The summed E-state index contributed by atoms with van der Waals surface area (Å²) in [6, 6.07) is 19.3. The molecular formula is C23H26N4O2.